The van der Waals surface area contributed by atoms with E-state index in [9.17, 15) is 8.42 Å². The topological polar surface area (TPSA) is 47.0 Å². The van der Waals surface area contributed by atoms with Gasteiger partial charge in [0.2, 0.25) is 0 Å². The number of unbranched alkanes of at least 4 members (excludes halogenated alkanes) is 3. The van der Waals surface area contributed by atoms with Gasteiger partial charge in [0, 0.05) is 6.20 Å². The van der Waals surface area contributed by atoms with Gasteiger partial charge in [-0.3, -0.25) is 0 Å². The minimum absolute atomic E-state index is 0.203. The summed E-state index contributed by atoms with van der Waals surface area (Å²) >= 11 is 0. The zero-order valence-electron chi connectivity index (χ0n) is 9.94. The number of sulfone groups is 1. The minimum atomic E-state index is -3.17. The fourth-order valence-electron chi connectivity index (χ4n) is 1.46. The van der Waals surface area contributed by atoms with Gasteiger partial charge in [0.05, 0.1) is 5.75 Å². The second-order valence-corrected chi connectivity index (χ2v) is 6.11. The van der Waals surface area contributed by atoms with E-state index in [4.69, 9.17) is 0 Å². The first kappa shape index (κ1) is 13.2. The highest BCUT2D eigenvalue weighted by molar-refractivity contribution is 7.91. The number of nitrogens with zero attached hydrogens (tertiary/aromatic N) is 1. The lowest BCUT2D eigenvalue weighted by atomic mass is 10.2. The molecule has 0 aliphatic carbocycles. The van der Waals surface area contributed by atoms with E-state index in [1.54, 1.807) is 18.3 Å². The van der Waals surface area contributed by atoms with Crippen LogP contribution in [0.2, 0.25) is 0 Å². The Bertz CT molecular complexity index is 409. The predicted octanol–water partition coefficient (Wildman–Crippen LogP) is 2.74. The summed E-state index contributed by atoms with van der Waals surface area (Å²) < 4.78 is 23.7. The fraction of sp³-hybridized carbons (Fsp3) is 0.583. The number of aryl methyl sites for hydroxylation is 1. The van der Waals surface area contributed by atoms with E-state index in [-0.39, 0.29) is 10.8 Å². The van der Waals surface area contributed by atoms with Crippen LogP contribution in [0.4, 0.5) is 0 Å². The number of hydrogen-bond acceptors (Lipinski definition) is 3. The molecule has 1 aromatic heterocycles. The first-order valence-electron chi connectivity index (χ1n) is 5.71. The smallest absolute Gasteiger partial charge is 0.195 e. The number of pyridine rings is 1. The summed E-state index contributed by atoms with van der Waals surface area (Å²) in [6.45, 7) is 4.00. The van der Waals surface area contributed by atoms with Crippen LogP contribution < -0.4 is 0 Å². The molecule has 0 aliphatic heterocycles. The Morgan fingerprint density at radius 1 is 1.19 bits per heavy atom. The van der Waals surface area contributed by atoms with Crippen molar-refractivity contribution in [1.82, 2.24) is 4.98 Å². The molecule has 16 heavy (non-hydrogen) atoms. The molecule has 4 heteroatoms. The van der Waals surface area contributed by atoms with Crippen LogP contribution in [-0.4, -0.2) is 19.2 Å². The molecule has 0 unspecified atom stereocenters. The van der Waals surface area contributed by atoms with Crippen LogP contribution in [0.5, 0.6) is 0 Å². The van der Waals surface area contributed by atoms with E-state index < -0.39 is 9.84 Å². The molecular weight excluding hydrogens is 222 g/mol. The van der Waals surface area contributed by atoms with Crippen LogP contribution in [0, 0.1) is 6.92 Å². The van der Waals surface area contributed by atoms with Crippen LogP contribution in [0.1, 0.15) is 38.2 Å². The van der Waals surface area contributed by atoms with Gasteiger partial charge in [-0.15, -0.1) is 0 Å². The average molecular weight is 241 g/mol. The van der Waals surface area contributed by atoms with E-state index >= 15 is 0 Å². The van der Waals surface area contributed by atoms with Gasteiger partial charge in [-0.2, -0.15) is 0 Å². The third-order valence-electron chi connectivity index (χ3n) is 2.47. The van der Waals surface area contributed by atoms with E-state index in [2.05, 4.69) is 11.9 Å². The zero-order chi connectivity index (χ0) is 12.0. The molecule has 0 saturated carbocycles. The molecular formula is C12H19NO2S. The van der Waals surface area contributed by atoms with Crippen LogP contribution in [0.25, 0.3) is 0 Å². The quantitative estimate of drug-likeness (QED) is 0.719. The number of aromatic nitrogens is 1. The van der Waals surface area contributed by atoms with Crippen molar-refractivity contribution < 1.29 is 8.42 Å². The van der Waals surface area contributed by atoms with Crippen LogP contribution in [0.3, 0.4) is 0 Å². The normalized spacial score (nSPS) is 11.6. The molecule has 0 atom stereocenters. The second-order valence-electron chi connectivity index (χ2n) is 4.05. The summed E-state index contributed by atoms with van der Waals surface area (Å²) in [6, 6.07) is 3.37. The van der Waals surface area contributed by atoms with Gasteiger partial charge >= 0.3 is 0 Å². The molecule has 90 valence electrons. The summed E-state index contributed by atoms with van der Waals surface area (Å²) in [6.07, 6.45) is 5.51. The molecule has 0 aromatic carbocycles. The lowest BCUT2D eigenvalue weighted by molar-refractivity contribution is 0.585. The van der Waals surface area contributed by atoms with Crippen molar-refractivity contribution in [3.05, 3.63) is 23.9 Å². The SMILES string of the molecule is CCCCCCS(=O)(=O)c1ccc(C)cn1. The molecule has 0 spiro atoms. The summed E-state index contributed by atoms with van der Waals surface area (Å²) in [7, 11) is -3.17. The molecule has 0 fully saturated rings. The molecule has 0 N–H and O–H groups in total. The molecule has 0 radical (unpaired) electrons. The van der Waals surface area contributed by atoms with E-state index in [0.29, 0.717) is 0 Å². The maximum Gasteiger partial charge on any atom is 0.195 e. The Balaban J connectivity index is 2.60. The van der Waals surface area contributed by atoms with Crippen molar-refractivity contribution in [2.75, 3.05) is 5.75 Å². The zero-order valence-corrected chi connectivity index (χ0v) is 10.8. The predicted molar refractivity (Wildman–Crippen MR) is 65.2 cm³/mol. The molecule has 1 aromatic rings. The van der Waals surface area contributed by atoms with Gasteiger partial charge in [0.1, 0.15) is 0 Å². The molecule has 0 saturated heterocycles. The summed E-state index contributed by atoms with van der Waals surface area (Å²) in [4.78, 5) is 3.96. The van der Waals surface area contributed by atoms with Crippen molar-refractivity contribution >= 4 is 9.84 Å². The molecule has 0 aliphatic rings. The van der Waals surface area contributed by atoms with Crippen LogP contribution in [-0.2, 0) is 9.84 Å². The van der Waals surface area contributed by atoms with Gasteiger partial charge in [0.15, 0.2) is 14.9 Å². The summed E-state index contributed by atoms with van der Waals surface area (Å²) in [5, 5.41) is 0.203. The standard InChI is InChI=1S/C12H19NO2S/c1-3-4-5-6-9-16(14,15)12-8-7-11(2)10-13-12/h7-8,10H,3-6,9H2,1-2H3. The van der Waals surface area contributed by atoms with Crippen molar-refractivity contribution in [2.45, 2.75) is 44.6 Å². The highest BCUT2D eigenvalue weighted by Gasteiger charge is 2.14. The van der Waals surface area contributed by atoms with Gasteiger partial charge in [-0.05, 0) is 25.0 Å². The Kier molecular flexibility index (Phi) is 4.93. The van der Waals surface area contributed by atoms with Gasteiger partial charge in [-0.1, -0.05) is 32.3 Å². The fourth-order valence-corrected chi connectivity index (χ4v) is 2.74. The third kappa shape index (κ3) is 3.93. The first-order valence-corrected chi connectivity index (χ1v) is 7.37. The Morgan fingerprint density at radius 3 is 2.50 bits per heavy atom. The first-order chi connectivity index (χ1) is 7.56. The van der Waals surface area contributed by atoms with Crippen LogP contribution in [0.15, 0.2) is 23.4 Å². The van der Waals surface area contributed by atoms with Crippen molar-refractivity contribution in [3.63, 3.8) is 0 Å². The van der Waals surface area contributed by atoms with Crippen molar-refractivity contribution in [1.29, 1.82) is 0 Å². The lowest BCUT2D eigenvalue weighted by Crippen LogP contribution is -2.08. The highest BCUT2D eigenvalue weighted by Crippen LogP contribution is 2.11. The monoisotopic (exact) mass is 241 g/mol. The Labute approximate surface area is 97.8 Å². The maximum absolute atomic E-state index is 11.8. The lowest BCUT2D eigenvalue weighted by Gasteiger charge is -2.03. The van der Waals surface area contributed by atoms with Gasteiger partial charge in [0.25, 0.3) is 0 Å². The Morgan fingerprint density at radius 2 is 1.94 bits per heavy atom. The number of hydrogen-bond donors (Lipinski definition) is 0. The van der Waals surface area contributed by atoms with Crippen molar-refractivity contribution in [2.24, 2.45) is 0 Å². The third-order valence-corrected chi connectivity index (χ3v) is 4.17. The van der Waals surface area contributed by atoms with E-state index in [1.165, 1.54) is 0 Å². The van der Waals surface area contributed by atoms with Crippen molar-refractivity contribution in [3.8, 4) is 0 Å². The van der Waals surface area contributed by atoms with E-state index in [0.717, 1.165) is 31.2 Å². The highest BCUT2D eigenvalue weighted by atomic mass is 32.2. The van der Waals surface area contributed by atoms with E-state index in [1.807, 2.05) is 6.92 Å². The summed E-state index contributed by atoms with van der Waals surface area (Å²) in [5.74, 6) is 0.211. The summed E-state index contributed by atoms with van der Waals surface area (Å²) in [5.41, 5.74) is 0.977. The largest absolute Gasteiger partial charge is 0.244 e. The van der Waals surface area contributed by atoms with Crippen LogP contribution >= 0.6 is 0 Å². The van der Waals surface area contributed by atoms with Gasteiger partial charge in [-0.25, -0.2) is 13.4 Å². The minimum Gasteiger partial charge on any atom is -0.244 e. The second kappa shape index (κ2) is 5.99. The molecule has 0 amide bonds. The maximum atomic E-state index is 11.8. The molecule has 1 heterocycles. The molecule has 0 bridgehead atoms. The Hall–Kier alpha value is -0.900. The number of rotatable bonds is 6. The molecule has 1 rings (SSSR count). The molecule has 3 nitrogen and oxygen atoms in total. The van der Waals surface area contributed by atoms with Gasteiger partial charge < -0.3 is 0 Å². The average Bonchev–Trinajstić information content (AvgIpc) is 2.25.